The van der Waals surface area contributed by atoms with Crippen molar-refractivity contribution in [3.05, 3.63) is 70.1 Å². The molecular weight excluding hydrogens is 467 g/mol. The number of fused-ring (bicyclic) bond motifs is 1. The number of nitrogens with zero attached hydrogens (tertiary/aromatic N) is 1. The molecule has 2 aromatic rings. The lowest BCUT2D eigenvalue weighted by molar-refractivity contribution is 0.361. The average Bonchev–Trinajstić information content (AvgIpc) is 3.44. The standard InChI is InChI=1S/C35H47FN2/c1-22(2)27-18-23(3)35(31(20-27)24(4)26-8-5-6-9-26)38-16-13-25(14-17-38)19-28-21-32(28)29-11-12-33(36)34-30(29)10-7-15-37-34/h5,8,11-12,18,20,22,24-26,28,32,37H,6-7,9-10,13-17,19,21H2,1-4H3. The molecule has 0 amide bonds. The number of halogens is 1. The predicted molar refractivity (Wildman–Crippen MR) is 159 cm³/mol. The molecule has 1 N–H and O–H groups in total. The summed E-state index contributed by atoms with van der Waals surface area (Å²) in [7, 11) is 0. The highest BCUT2D eigenvalue weighted by molar-refractivity contribution is 5.63. The summed E-state index contributed by atoms with van der Waals surface area (Å²) in [4.78, 5) is 2.73. The van der Waals surface area contributed by atoms with E-state index in [4.69, 9.17) is 0 Å². The van der Waals surface area contributed by atoms with Gasteiger partial charge in [-0.15, -0.1) is 0 Å². The first-order valence-corrected chi connectivity index (χ1v) is 15.5. The van der Waals surface area contributed by atoms with Gasteiger partial charge < -0.3 is 10.2 Å². The van der Waals surface area contributed by atoms with Crippen LogP contribution in [0.25, 0.3) is 0 Å². The van der Waals surface area contributed by atoms with E-state index in [1.807, 2.05) is 0 Å². The zero-order valence-electron chi connectivity index (χ0n) is 24.0. The Morgan fingerprint density at radius 3 is 2.63 bits per heavy atom. The minimum absolute atomic E-state index is 0.0672. The quantitative estimate of drug-likeness (QED) is 0.371. The zero-order valence-corrected chi connectivity index (χ0v) is 24.0. The fourth-order valence-corrected chi connectivity index (χ4v) is 7.88. The van der Waals surface area contributed by atoms with Gasteiger partial charge in [0.25, 0.3) is 0 Å². The molecule has 0 bridgehead atoms. The van der Waals surface area contributed by atoms with Crippen LogP contribution in [0.3, 0.4) is 0 Å². The third kappa shape index (κ3) is 5.03. The van der Waals surface area contributed by atoms with Crippen molar-refractivity contribution in [1.29, 1.82) is 0 Å². The Balaban J connectivity index is 1.13. The minimum Gasteiger partial charge on any atom is -0.382 e. The van der Waals surface area contributed by atoms with Gasteiger partial charge in [0.2, 0.25) is 0 Å². The highest BCUT2D eigenvalue weighted by Crippen LogP contribution is 2.54. The van der Waals surface area contributed by atoms with Crippen molar-refractivity contribution in [2.75, 3.05) is 29.9 Å². The summed E-state index contributed by atoms with van der Waals surface area (Å²) in [5.74, 6) is 4.01. The maximum Gasteiger partial charge on any atom is 0.146 e. The number of allylic oxidation sites excluding steroid dienone is 2. The summed E-state index contributed by atoms with van der Waals surface area (Å²) in [6.07, 6.45) is 14.8. The molecular formula is C35H47FN2. The van der Waals surface area contributed by atoms with Crippen LogP contribution in [-0.2, 0) is 6.42 Å². The van der Waals surface area contributed by atoms with Gasteiger partial charge in [-0.05, 0) is 128 Å². The first-order valence-electron chi connectivity index (χ1n) is 15.5. The van der Waals surface area contributed by atoms with Crippen molar-refractivity contribution in [2.24, 2.45) is 17.8 Å². The zero-order chi connectivity index (χ0) is 26.4. The third-order valence-corrected chi connectivity index (χ3v) is 10.3. The van der Waals surface area contributed by atoms with Crippen LogP contribution in [0.15, 0.2) is 36.4 Å². The molecule has 3 heteroatoms. The monoisotopic (exact) mass is 514 g/mol. The number of hydrogen-bond donors (Lipinski definition) is 1. The molecule has 2 aliphatic heterocycles. The van der Waals surface area contributed by atoms with Crippen LogP contribution in [0, 0.1) is 30.5 Å². The number of rotatable bonds is 7. The molecule has 2 heterocycles. The predicted octanol–water partition coefficient (Wildman–Crippen LogP) is 9.10. The van der Waals surface area contributed by atoms with Crippen LogP contribution in [0.1, 0.15) is 111 Å². The van der Waals surface area contributed by atoms with E-state index in [-0.39, 0.29) is 5.82 Å². The normalized spacial score (nSPS) is 25.9. The molecule has 204 valence electrons. The molecule has 4 atom stereocenters. The Labute approximate surface area is 230 Å². The van der Waals surface area contributed by atoms with E-state index >= 15 is 0 Å². The molecule has 2 nitrogen and oxygen atoms in total. The van der Waals surface area contributed by atoms with Crippen LogP contribution < -0.4 is 10.2 Å². The molecule has 4 unspecified atom stereocenters. The number of benzene rings is 2. The molecule has 1 saturated heterocycles. The Bertz CT molecular complexity index is 1190. The van der Waals surface area contributed by atoms with Gasteiger partial charge in [0.15, 0.2) is 0 Å². The lowest BCUT2D eigenvalue weighted by atomic mass is 9.82. The van der Waals surface area contributed by atoms with Gasteiger partial charge in [-0.2, -0.15) is 0 Å². The van der Waals surface area contributed by atoms with E-state index in [1.54, 1.807) is 11.6 Å². The van der Waals surface area contributed by atoms with Gasteiger partial charge in [0.05, 0.1) is 5.69 Å². The molecule has 6 rings (SSSR count). The van der Waals surface area contributed by atoms with E-state index in [2.05, 4.69) is 68.3 Å². The van der Waals surface area contributed by atoms with Crippen molar-refractivity contribution in [3.63, 3.8) is 0 Å². The summed E-state index contributed by atoms with van der Waals surface area (Å²) < 4.78 is 14.4. The molecule has 38 heavy (non-hydrogen) atoms. The van der Waals surface area contributed by atoms with Gasteiger partial charge in [-0.25, -0.2) is 4.39 Å². The largest absolute Gasteiger partial charge is 0.382 e. The lowest BCUT2D eigenvalue weighted by Gasteiger charge is -2.38. The molecule has 4 aliphatic rings. The highest BCUT2D eigenvalue weighted by Gasteiger charge is 2.42. The molecule has 2 aromatic carbocycles. The second kappa shape index (κ2) is 10.7. The van der Waals surface area contributed by atoms with E-state index in [9.17, 15) is 4.39 Å². The van der Waals surface area contributed by atoms with Gasteiger partial charge in [-0.3, -0.25) is 0 Å². The Morgan fingerprint density at radius 2 is 1.89 bits per heavy atom. The fraction of sp³-hybridized carbons (Fsp3) is 0.600. The molecule has 0 spiro atoms. The molecule has 2 aliphatic carbocycles. The Hall–Kier alpha value is -2.29. The first kappa shape index (κ1) is 26.0. The fourth-order valence-electron chi connectivity index (χ4n) is 7.88. The van der Waals surface area contributed by atoms with Gasteiger partial charge in [-0.1, -0.05) is 51.1 Å². The van der Waals surface area contributed by atoms with E-state index in [1.165, 1.54) is 79.6 Å². The van der Waals surface area contributed by atoms with Crippen LogP contribution in [0.4, 0.5) is 15.8 Å². The second-order valence-electron chi connectivity index (χ2n) is 13.2. The van der Waals surface area contributed by atoms with Crippen molar-refractivity contribution < 1.29 is 4.39 Å². The highest BCUT2D eigenvalue weighted by atomic mass is 19.1. The van der Waals surface area contributed by atoms with Crippen LogP contribution in [0.5, 0.6) is 0 Å². The van der Waals surface area contributed by atoms with Crippen molar-refractivity contribution in [3.8, 4) is 0 Å². The Morgan fingerprint density at radius 1 is 1.08 bits per heavy atom. The number of piperidine rings is 1. The molecule has 1 saturated carbocycles. The van der Waals surface area contributed by atoms with Crippen LogP contribution in [0.2, 0.25) is 0 Å². The van der Waals surface area contributed by atoms with Crippen molar-refractivity contribution in [1.82, 2.24) is 0 Å². The maximum atomic E-state index is 14.4. The SMILES string of the molecule is Cc1cc(C(C)C)cc(C(C)C2C=CCC2)c1N1CCC(CC2CC2c2ccc(F)c3c2CCCN3)CC1. The second-order valence-corrected chi connectivity index (χ2v) is 13.2. The summed E-state index contributed by atoms with van der Waals surface area (Å²) >= 11 is 0. The van der Waals surface area contributed by atoms with Gasteiger partial charge in [0.1, 0.15) is 5.82 Å². The van der Waals surface area contributed by atoms with Gasteiger partial charge >= 0.3 is 0 Å². The topological polar surface area (TPSA) is 15.3 Å². The molecule has 2 fully saturated rings. The summed E-state index contributed by atoms with van der Waals surface area (Å²) in [5.41, 5.74) is 9.59. The number of nitrogens with one attached hydrogen (secondary N) is 1. The lowest BCUT2D eigenvalue weighted by Crippen LogP contribution is -2.35. The smallest absolute Gasteiger partial charge is 0.146 e. The van der Waals surface area contributed by atoms with E-state index in [0.29, 0.717) is 23.7 Å². The number of aryl methyl sites for hydroxylation is 1. The third-order valence-electron chi connectivity index (χ3n) is 10.3. The van der Waals surface area contributed by atoms with Crippen molar-refractivity contribution >= 4 is 11.4 Å². The summed E-state index contributed by atoms with van der Waals surface area (Å²) in [5, 5.41) is 3.33. The van der Waals surface area contributed by atoms with Crippen LogP contribution in [-0.4, -0.2) is 19.6 Å². The Kier molecular flexibility index (Phi) is 7.31. The van der Waals surface area contributed by atoms with Gasteiger partial charge in [0, 0.05) is 25.3 Å². The van der Waals surface area contributed by atoms with Crippen LogP contribution >= 0.6 is 0 Å². The minimum atomic E-state index is -0.0672. The number of hydrogen-bond acceptors (Lipinski definition) is 2. The van der Waals surface area contributed by atoms with E-state index < -0.39 is 0 Å². The van der Waals surface area contributed by atoms with Crippen molar-refractivity contribution in [2.45, 2.75) is 96.8 Å². The molecule has 0 radical (unpaired) electrons. The average molecular weight is 515 g/mol. The number of anilines is 2. The summed E-state index contributed by atoms with van der Waals surface area (Å²) in [6, 6.07) is 8.80. The molecule has 0 aromatic heterocycles. The summed E-state index contributed by atoms with van der Waals surface area (Å²) in [6.45, 7) is 12.7. The first-order chi connectivity index (χ1) is 18.4. The van der Waals surface area contributed by atoms with E-state index in [0.717, 1.165) is 36.9 Å². The maximum absolute atomic E-state index is 14.4.